The first-order chi connectivity index (χ1) is 14.0. The fraction of sp³-hybridized carbons (Fsp3) is 0.381. The number of non-ortho nitro benzene ring substituents is 1. The number of unbranched alkanes of at least 4 members (excludes halogenated alkanes) is 1. The highest BCUT2D eigenvalue weighted by Crippen LogP contribution is 2.29. The summed E-state index contributed by atoms with van der Waals surface area (Å²) in [4.78, 5) is 14.6. The highest BCUT2D eigenvalue weighted by molar-refractivity contribution is 14.0. The molecule has 2 rings (SSSR count). The van der Waals surface area contributed by atoms with Gasteiger partial charge in [-0.15, -0.1) is 24.0 Å². The molecule has 0 amide bonds. The topological polar surface area (TPSA) is 112 Å². The Morgan fingerprint density at radius 1 is 1.10 bits per heavy atom. The molecular weight excluding hydrogens is 499 g/mol. The molecule has 0 atom stereocenters. The molecule has 0 heterocycles. The third-order valence-corrected chi connectivity index (χ3v) is 4.13. The van der Waals surface area contributed by atoms with Crippen LogP contribution in [0.2, 0.25) is 0 Å². The third kappa shape index (κ3) is 8.44. The van der Waals surface area contributed by atoms with Crippen molar-refractivity contribution in [1.29, 1.82) is 0 Å². The fourth-order valence-corrected chi connectivity index (χ4v) is 2.75. The lowest BCUT2D eigenvalue weighted by atomic mass is 10.1. The zero-order valence-corrected chi connectivity index (χ0v) is 19.6. The number of nitrogens with two attached hydrogens (primary N) is 1. The van der Waals surface area contributed by atoms with Crippen molar-refractivity contribution in [2.24, 2.45) is 10.7 Å². The molecule has 2 aromatic carbocycles. The average Bonchev–Trinajstić information content (AvgIpc) is 2.70. The number of aliphatic imine (C=N–C) groups is 1. The number of nitrogens with one attached hydrogen (secondary N) is 1. The summed E-state index contributed by atoms with van der Waals surface area (Å²) >= 11 is 0. The quantitative estimate of drug-likeness (QED) is 0.109. The average molecular weight is 528 g/mol. The van der Waals surface area contributed by atoms with Gasteiger partial charge < -0.3 is 20.5 Å². The first-order valence-electron chi connectivity index (χ1n) is 9.73. The molecule has 0 saturated heterocycles. The zero-order valence-electron chi connectivity index (χ0n) is 17.3. The smallest absolute Gasteiger partial charge is 0.269 e. The molecule has 3 N–H and O–H groups in total. The maximum atomic E-state index is 10.7. The Kier molecular flexibility index (Phi) is 11.6. The summed E-state index contributed by atoms with van der Waals surface area (Å²) in [6, 6.07) is 12.2. The molecule has 2 aromatic rings. The Morgan fingerprint density at radius 3 is 2.43 bits per heavy atom. The molecule has 0 aliphatic heterocycles. The molecule has 0 aliphatic rings. The summed E-state index contributed by atoms with van der Waals surface area (Å²) < 4.78 is 11.1. The molecule has 0 unspecified atom stereocenters. The van der Waals surface area contributed by atoms with Gasteiger partial charge >= 0.3 is 0 Å². The van der Waals surface area contributed by atoms with Crippen LogP contribution in [0.25, 0.3) is 0 Å². The Hall–Kier alpha value is -2.56. The van der Waals surface area contributed by atoms with E-state index in [-0.39, 0.29) is 29.7 Å². The first kappa shape index (κ1) is 25.5. The number of halogens is 1. The third-order valence-electron chi connectivity index (χ3n) is 4.13. The van der Waals surface area contributed by atoms with Gasteiger partial charge in [0.1, 0.15) is 11.5 Å². The Labute approximate surface area is 194 Å². The lowest BCUT2D eigenvalue weighted by Crippen LogP contribution is -2.23. The number of ether oxygens (including phenoxy) is 2. The summed E-state index contributed by atoms with van der Waals surface area (Å²) in [6.07, 6.45) is 2.61. The molecule has 9 heteroatoms. The van der Waals surface area contributed by atoms with Gasteiger partial charge in [0.05, 0.1) is 23.8 Å². The van der Waals surface area contributed by atoms with Crippen LogP contribution >= 0.6 is 24.0 Å². The number of nitro groups is 1. The van der Waals surface area contributed by atoms with Crippen molar-refractivity contribution in [2.75, 3.05) is 25.1 Å². The van der Waals surface area contributed by atoms with E-state index in [4.69, 9.17) is 15.2 Å². The van der Waals surface area contributed by atoms with Crippen LogP contribution in [-0.4, -0.2) is 30.6 Å². The molecule has 8 nitrogen and oxygen atoms in total. The predicted octanol–water partition coefficient (Wildman–Crippen LogP) is 4.76. The van der Waals surface area contributed by atoms with Crippen molar-refractivity contribution in [3.8, 4) is 11.5 Å². The van der Waals surface area contributed by atoms with Gasteiger partial charge in [0.15, 0.2) is 5.96 Å². The summed E-state index contributed by atoms with van der Waals surface area (Å²) in [7, 11) is 0. The van der Waals surface area contributed by atoms with Gasteiger partial charge in [0.2, 0.25) is 0 Å². The highest BCUT2D eigenvalue weighted by Gasteiger charge is 2.07. The second-order valence-electron chi connectivity index (χ2n) is 6.30. The Balaban J connectivity index is 0.00000450. The van der Waals surface area contributed by atoms with E-state index in [2.05, 4.69) is 10.3 Å². The molecule has 0 bridgehead atoms. The molecule has 0 aromatic heterocycles. The van der Waals surface area contributed by atoms with Crippen molar-refractivity contribution in [2.45, 2.75) is 33.1 Å². The summed E-state index contributed by atoms with van der Waals surface area (Å²) in [6.45, 7) is 5.55. The molecule has 0 saturated carbocycles. The van der Waals surface area contributed by atoms with Crippen molar-refractivity contribution < 1.29 is 14.4 Å². The van der Waals surface area contributed by atoms with Gasteiger partial charge in [0.25, 0.3) is 5.69 Å². The minimum Gasteiger partial charge on any atom is -0.494 e. The number of aryl methyl sites for hydroxylation is 1. The number of hydrogen-bond donors (Lipinski definition) is 2. The fourth-order valence-electron chi connectivity index (χ4n) is 2.75. The monoisotopic (exact) mass is 528 g/mol. The van der Waals surface area contributed by atoms with Gasteiger partial charge in [-0.05, 0) is 50.8 Å². The minimum atomic E-state index is -0.394. The first-order valence-corrected chi connectivity index (χ1v) is 9.73. The number of hydrogen-bond acceptors (Lipinski definition) is 5. The van der Waals surface area contributed by atoms with Crippen molar-refractivity contribution >= 4 is 41.3 Å². The molecule has 0 aliphatic carbocycles. The standard InChI is InChI=1S/C21H28N4O4.HI/c1-3-28-18-12-13-20(29-4-2)19(15-18)24-21(22)23-14-6-5-7-16-8-10-17(11-9-16)25(26)27;/h8-13,15H,3-7,14H2,1-2H3,(H3,22,23,24);1H. The number of nitro benzene ring substituents is 1. The summed E-state index contributed by atoms with van der Waals surface area (Å²) in [5.74, 6) is 1.73. The lowest BCUT2D eigenvalue weighted by Gasteiger charge is -2.14. The maximum absolute atomic E-state index is 10.7. The van der Waals surface area contributed by atoms with E-state index < -0.39 is 4.92 Å². The van der Waals surface area contributed by atoms with Crippen molar-refractivity contribution in [3.05, 3.63) is 58.1 Å². The van der Waals surface area contributed by atoms with E-state index in [1.54, 1.807) is 12.1 Å². The van der Waals surface area contributed by atoms with E-state index in [0.29, 0.717) is 37.2 Å². The molecule has 0 radical (unpaired) electrons. The number of nitrogens with zero attached hydrogens (tertiary/aromatic N) is 2. The van der Waals surface area contributed by atoms with Gasteiger partial charge in [-0.3, -0.25) is 15.1 Å². The maximum Gasteiger partial charge on any atom is 0.269 e. The molecule has 0 fully saturated rings. The normalized spacial score (nSPS) is 10.8. The van der Waals surface area contributed by atoms with Crippen LogP contribution in [0.1, 0.15) is 32.3 Å². The lowest BCUT2D eigenvalue weighted by molar-refractivity contribution is -0.384. The SMILES string of the molecule is CCOc1ccc(OCC)c(NC(N)=NCCCCc2ccc([N+](=O)[O-])cc2)c1.I. The molecule has 0 spiro atoms. The second-order valence-corrected chi connectivity index (χ2v) is 6.30. The van der Waals surface area contributed by atoms with E-state index in [9.17, 15) is 10.1 Å². The summed E-state index contributed by atoms with van der Waals surface area (Å²) in [5.41, 5.74) is 7.90. The second kappa shape index (κ2) is 13.6. The van der Waals surface area contributed by atoms with Crippen LogP contribution < -0.4 is 20.5 Å². The number of guanidine groups is 1. The Bertz CT molecular complexity index is 828. The van der Waals surface area contributed by atoms with Crippen LogP contribution in [0.3, 0.4) is 0 Å². The van der Waals surface area contributed by atoms with Crippen LogP contribution in [0, 0.1) is 10.1 Å². The van der Waals surface area contributed by atoms with Gasteiger partial charge in [-0.25, -0.2) is 0 Å². The summed E-state index contributed by atoms with van der Waals surface area (Å²) in [5, 5.41) is 13.8. The van der Waals surface area contributed by atoms with Crippen LogP contribution in [0.5, 0.6) is 11.5 Å². The van der Waals surface area contributed by atoms with E-state index in [1.165, 1.54) is 12.1 Å². The van der Waals surface area contributed by atoms with Crippen molar-refractivity contribution in [3.63, 3.8) is 0 Å². The van der Waals surface area contributed by atoms with E-state index in [1.807, 2.05) is 32.0 Å². The molecule has 30 heavy (non-hydrogen) atoms. The predicted molar refractivity (Wildman–Crippen MR) is 130 cm³/mol. The van der Waals surface area contributed by atoms with Gasteiger partial charge in [0, 0.05) is 24.7 Å². The largest absolute Gasteiger partial charge is 0.494 e. The van der Waals surface area contributed by atoms with Crippen molar-refractivity contribution in [1.82, 2.24) is 0 Å². The number of rotatable bonds is 11. The minimum absolute atomic E-state index is 0. The van der Waals surface area contributed by atoms with Crippen LogP contribution in [-0.2, 0) is 6.42 Å². The number of anilines is 1. The van der Waals surface area contributed by atoms with Crippen LogP contribution in [0.15, 0.2) is 47.5 Å². The molecular formula is C21H29IN4O4. The van der Waals surface area contributed by atoms with Gasteiger partial charge in [-0.2, -0.15) is 0 Å². The highest BCUT2D eigenvalue weighted by atomic mass is 127. The van der Waals surface area contributed by atoms with E-state index in [0.717, 1.165) is 30.6 Å². The molecule has 164 valence electrons. The number of benzene rings is 2. The zero-order chi connectivity index (χ0) is 21.1. The Morgan fingerprint density at radius 2 is 1.80 bits per heavy atom. The van der Waals surface area contributed by atoms with Gasteiger partial charge in [-0.1, -0.05) is 12.1 Å². The van der Waals surface area contributed by atoms with E-state index >= 15 is 0 Å². The van der Waals surface area contributed by atoms with Crippen LogP contribution in [0.4, 0.5) is 11.4 Å².